The number of likely N-dealkylation sites (tertiary alicyclic amines) is 1. The summed E-state index contributed by atoms with van der Waals surface area (Å²) in [5.41, 5.74) is 5.25. The fraction of sp³-hybridized carbons (Fsp3) is 0.500. The Balaban J connectivity index is 1.29. The van der Waals surface area contributed by atoms with Crippen LogP contribution in [0.5, 0.6) is 5.75 Å². The molecule has 1 aromatic heterocycles. The van der Waals surface area contributed by atoms with E-state index in [-0.39, 0.29) is 17.5 Å². The Morgan fingerprint density at radius 1 is 1.00 bits per heavy atom. The average molecular weight is 533 g/mol. The van der Waals surface area contributed by atoms with Crippen LogP contribution in [-0.2, 0) is 12.8 Å². The lowest BCUT2D eigenvalue weighted by Crippen LogP contribution is -2.38. The maximum atomic E-state index is 15.1. The van der Waals surface area contributed by atoms with E-state index in [0.29, 0.717) is 42.6 Å². The predicted molar refractivity (Wildman–Crippen MR) is 151 cm³/mol. The van der Waals surface area contributed by atoms with E-state index in [9.17, 15) is 0 Å². The number of anilines is 1. The number of hydrogen-bond acceptors (Lipinski definition) is 5. The number of nitrogens with zero attached hydrogens (tertiary/aromatic N) is 4. The van der Waals surface area contributed by atoms with E-state index in [1.807, 2.05) is 0 Å². The highest BCUT2D eigenvalue weighted by atomic mass is 19.1. The molecule has 0 bridgehead atoms. The van der Waals surface area contributed by atoms with Crippen molar-refractivity contribution >= 4 is 5.69 Å². The van der Waals surface area contributed by atoms with E-state index in [0.717, 1.165) is 31.0 Å². The summed E-state index contributed by atoms with van der Waals surface area (Å²) in [6, 6.07) is 10.1. The van der Waals surface area contributed by atoms with Crippen molar-refractivity contribution in [3.8, 4) is 17.0 Å². The van der Waals surface area contributed by atoms with Crippen molar-refractivity contribution < 1.29 is 13.5 Å². The van der Waals surface area contributed by atoms with Crippen molar-refractivity contribution in [1.82, 2.24) is 14.9 Å². The van der Waals surface area contributed by atoms with E-state index in [1.165, 1.54) is 49.1 Å². The molecule has 1 saturated carbocycles. The highest BCUT2D eigenvalue weighted by Gasteiger charge is 2.27. The van der Waals surface area contributed by atoms with Crippen molar-refractivity contribution in [2.75, 3.05) is 38.2 Å². The number of benzene rings is 2. The first-order chi connectivity index (χ1) is 18.9. The average Bonchev–Trinajstić information content (AvgIpc) is 3.74. The lowest BCUT2D eigenvalue weighted by molar-refractivity contribution is 0.255. The monoisotopic (exact) mass is 532 g/mol. The molecule has 5 nitrogen and oxygen atoms in total. The minimum atomic E-state index is -0.557. The molecule has 0 atom stereocenters. The summed E-state index contributed by atoms with van der Waals surface area (Å²) in [7, 11) is 2.20. The number of halogens is 2. The fourth-order valence-electron chi connectivity index (χ4n) is 6.15. The molecule has 3 aromatic rings. The Hall–Kier alpha value is -3.06. The molecule has 6 rings (SSSR count). The molecule has 0 N–H and O–H groups in total. The topological polar surface area (TPSA) is 41.5 Å². The van der Waals surface area contributed by atoms with Gasteiger partial charge in [0.05, 0.1) is 18.4 Å². The van der Waals surface area contributed by atoms with Gasteiger partial charge in [0.1, 0.15) is 18.1 Å². The molecule has 2 fully saturated rings. The zero-order valence-electron chi connectivity index (χ0n) is 23.2. The van der Waals surface area contributed by atoms with Gasteiger partial charge in [0.15, 0.2) is 17.4 Å². The first-order valence-corrected chi connectivity index (χ1v) is 14.4. The van der Waals surface area contributed by atoms with E-state index < -0.39 is 11.6 Å². The Kier molecular flexibility index (Phi) is 7.27. The largest absolute Gasteiger partial charge is 0.486 e. The van der Waals surface area contributed by atoms with Crippen molar-refractivity contribution in [3.05, 3.63) is 70.7 Å². The van der Waals surface area contributed by atoms with E-state index in [4.69, 9.17) is 4.74 Å². The molecule has 39 heavy (non-hydrogen) atoms. The minimum Gasteiger partial charge on any atom is -0.486 e. The summed E-state index contributed by atoms with van der Waals surface area (Å²) < 4.78 is 35.7. The van der Waals surface area contributed by atoms with Gasteiger partial charge >= 0.3 is 0 Å². The van der Waals surface area contributed by atoms with Crippen molar-refractivity contribution in [2.45, 2.75) is 64.3 Å². The third kappa shape index (κ3) is 5.65. The van der Waals surface area contributed by atoms with Crippen LogP contribution in [0, 0.1) is 17.6 Å². The minimum absolute atomic E-state index is 0.122. The lowest BCUT2D eigenvalue weighted by atomic mass is 9.84. The molecular weight excluding hydrogens is 494 g/mol. The summed E-state index contributed by atoms with van der Waals surface area (Å²) in [5.74, 6) is 1.12. The van der Waals surface area contributed by atoms with Crippen molar-refractivity contribution in [1.29, 1.82) is 0 Å². The van der Waals surface area contributed by atoms with Crippen molar-refractivity contribution in [2.24, 2.45) is 5.92 Å². The summed E-state index contributed by atoms with van der Waals surface area (Å²) >= 11 is 0. The second kappa shape index (κ2) is 10.8. The molecule has 2 aromatic carbocycles. The molecular formula is C32H38F2N4O. The highest BCUT2D eigenvalue weighted by Crippen LogP contribution is 2.40. The first-order valence-electron chi connectivity index (χ1n) is 14.4. The molecule has 7 heteroatoms. The van der Waals surface area contributed by atoms with Crippen LogP contribution >= 0.6 is 0 Å². The molecule has 0 amide bonds. The molecule has 3 aliphatic rings. The van der Waals surface area contributed by atoms with Gasteiger partial charge in [-0.3, -0.25) is 0 Å². The zero-order valence-corrected chi connectivity index (χ0v) is 23.2. The molecule has 0 radical (unpaired) electrons. The maximum Gasteiger partial charge on any atom is 0.178 e. The van der Waals surface area contributed by atoms with Crippen LogP contribution in [0.2, 0.25) is 0 Å². The smallest absolute Gasteiger partial charge is 0.178 e. The molecule has 206 valence electrons. The van der Waals surface area contributed by atoms with Gasteiger partial charge in [-0.15, -0.1) is 0 Å². The standard InChI is InChI=1S/C32H38F2N4O/c1-20(2)38-12-13-39-32-27(33)17-25(18-29(32)38)31-28(34)19-35-30(36-31)16-22-6-7-26(23-8-10-37(3)11-9-23)24(15-22)14-21-4-5-21/h6-7,15,17-21,23H,4-5,8-14,16H2,1-3H3. The van der Waals surface area contributed by atoms with Crippen LogP contribution in [0.3, 0.4) is 0 Å². The van der Waals surface area contributed by atoms with Crippen LogP contribution in [0.25, 0.3) is 11.3 Å². The second-order valence-corrected chi connectivity index (χ2v) is 11.9. The summed E-state index contributed by atoms with van der Waals surface area (Å²) in [6.45, 7) is 7.48. The zero-order chi connectivity index (χ0) is 27.1. The van der Waals surface area contributed by atoms with Gasteiger partial charge in [-0.25, -0.2) is 18.7 Å². The van der Waals surface area contributed by atoms with Gasteiger partial charge in [0, 0.05) is 18.0 Å². The highest BCUT2D eigenvalue weighted by molar-refractivity contribution is 5.72. The Morgan fingerprint density at radius 2 is 1.79 bits per heavy atom. The van der Waals surface area contributed by atoms with Crippen LogP contribution in [-0.4, -0.2) is 54.2 Å². The summed E-state index contributed by atoms with van der Waals surface area (Å²) in [4.78, 5) is 13.4. The second-order valence-electron chi connectivity index (χ2n) is 11.9. The van der Waals surface area contributed by atoms with Gasteiger partial charge in [0.25, 0.3) is 0 Å². The van der Waals surface area contributed by atoms with E-state index in [1.54, 1.807) is 6.07 Å². The lowest BCUT2D eigenvalue weighted by Gasteiger charge is -2.34. The number of rotatable bonds is 7. The Labute approximate surface area is 230 Å². The summed E-state index contributed by atoms with van der Waals surface area (Å²) in [5, 5.41) is 0. The van der Waals surface area contributed by atoms with Crippen LogP contribution in [0.15, 0.2) is 36.5 Å². The van der Waals surface area contributed by atoms with E-state index >= 15 is 8.78 Å². The number of hydrogen-bond donors (Lipinski definition) is 0. The van der Waals surface area contributed by atoms with E-state index in [2.05, 4.69) is 58.9 Å². The molecule has 1 saturated heterocycles. The van der Waals surface area contributed by atoms with Gasteiger partial charge in [-0.2, -0.15) is 0 Å². The quantitative estimate of drug-likeness (QED) is 0.353. The van der Waals surface area contributed by atoms with Crippen LogP contribution < -0.4 is 9.64 Å². The normalized spacial score (nSPS) is 18.4. The molecule has 1 aliphatic carbocycles. The first kappa shape index (κ1) is 26.2. The number of aromatic nitrogens is 2. The van der Waals surface area contributed by atoms with Gasteiger partial charge in [-0.1, -0.05) is 18.2 Å². The third-order valence-electron chi connectivity index (χ3n) is 8.54. The molecule has 0 spiro atoms. The predicted octanol–water partition coefficient (Wildman–Crippen LogP) is 6.38. The molecule has 2 aliphatic heterocycles. The van der Waals surface area contributed by atoms with Crippen LogP contribution in [0.1, 0.15) is 68.0 Å². The van der Waals surface area contributed by atoms with Gasteiger partial charge < -0.3 is 14.5 Å². The van der Waals surface area contributed by atoms with Crippen LogP contribution in [0.4, 0.5) is 14.5 Å². The Morgan fingerprint density at radius 3 is 2.54 bits per heavy atom. The van der Waals surface area contributed by atoms with Gasteiger partial charge in [0.2, 0.25) is 0 Å². The molecule has 0 unspecified atom stereocenters. The number of fused-ring (bicyclic) bond motifs is 1. The number of piperidine rings is 1. The SMILES string of the molecule is CC(C)N1CCOc2c(F)cc(-c3nc(Cc4ccc(C5CCN(C)CC5)c(CC5CC5)c4)ncc3F)cc21. The summed E-state index contributed by atoms with van der Waals surface area (Å²) in [6.07, 6.45) is 7.89. The number of ether oxygens (including phenoxy) is 1. The maximum absolute atomic E-state index is 15.1. The van der Waals surface area contributed by atoms with Gasteiger partial charge in [-0.05, 0) is 107 Å². The fourth-order valence-corrected chi connectivity index (χ4v) is 6.15. The van der Waals surface area contributed by atoms with Crippen molar-refractivity contribution in [3.63, 3.8) is 0 Å². The Bertz CT molecular complexity index is 1350. The third-order valence-corrected chi connectivity index (χ3v) is 8.54. The molecule has 3 heterocycles.